The number of aromatic nitrogens is 1. The van der Waals surface area contributed by atoms with Crippen LogP contribution in [-0.4, -0.2) is 36.0 Å². The number of hydrogen-bond donors (Lipinski definition) is 1. The van der Waals surface area contributed by atoms with Gasteiger partial charge in [-0.25, -0.2) is 0 Å². The van der Waals surface area contributed by atoms with Crippen LogP contribution in [0.2, 0.25) is 5.02 Å². The van der Waals surface area contributed by atoms with Crippen molar-refractivity contribution >= 4 is 29.0 Å². The summed E-state index contributed by atoms with van der Waals surface area (Å²) in [5, 5.41) is 3.86. The summed E-state index contributed by atoms with van der Waals surface area (Å²) in [5.41, 5.74) is 1.37. The molecule has 25 heavy (non-hydrogen) atoms. The molecule has 1 fully saturated rings. The number of pyridine rings is 1. The second kappa shape index (κ2) is 8.21. The summed E-state index contributed by atoms with van der Waals surface area (Å²) < 4.78 is 5.37. The summed E-state index contributed by atoms with van der Waals surface area (Å²) in [5.74, 6) is 0.948. The fourth-order valence-corrected chi connectivity index (χ4v) is 3.08. The van der Waals surface area contributed by atoms with E-state index >= 15 is 0 Å². The van der Waals surface area contributed by atoms with Gasteiger partial charge in [0.25, 0.3) is 5.91 Å². The van der Waals surface area contributed by atoms with Gasteiger partial charge in [0.15, 0.2) is 0 Å². The zero-order chi connectivity index (χ0) is 17.6. The van der Waals surface area contributed by atoms with Crippen molar-refractivity contribution in [2.24, 2.45) is 0 Å². The van der Waals surface area contributed by atoms with Crippen LogP contribution in [0.1, 0.15) is 36.0 Å². The molecule has 0 aliphatic carbocycles. The Labute approximate surface area is 153 Å². The van der Waals surface area contributed by atoms with Crippen LogP contribution in [0.3, 0.4) is 0 Å². The van der Waals surface area contributed by atoms with Crippen molar-refractivity contribution < 1.29 is 9.53 Å². The first kappa shape index (κ1) is 17.5. The van der Waals surface area contributed by atoms with Gasteiger partial charge in [-0.3, -0.25) is 4.79 Å². The molecule has 1 aliphatic rings. The number of hydrogen-bond acceptors (Lipinski definition) is 4. The van der Waals surface area contributed by atoms with E-state index in [1.165, 1.54) is 20.0 Å². The molecule has 132 valence electrons. The predicted molar refractivity (Wildman–Crippen MR) is 99.9 cm³/mol. The maximum absolute atomic E-state index is 12.8. The Kier molecular flexibility index (Phi) is 5.76. The van der Waals surface area contributed by atoms with Crippen LogP contribution in [0.25, 0.3) is 0 Å². The first-order valence-electron chi connectivity index (χ1n) is 8.54. The number of amides is 1. The molecule has 0 radical (unpaired) electrons. The number of carbonyl (C=O) groups is 1. The molecule has 0 atom stereocenters. The average Bonchev–Trinajstić information content (AvgIpc) is 2.92. The maximum atomic E-state index is 12.8. The van der Waals surface area contributed by atoms with Gasteiger partial charge in [0, 0.05) is 23.8 Å². The van der Waals surface area contributed by atoms with Crippen molar-refractivity contribution in [1.29, 1.82) is 0 Å². The van der Waals surface area contributed by atoms with Crippen LogP contribution in [0.15, 0.2) is 36.4 Å². The minimum absolute atomic E-state index is 0.00991. The SMILES string of the molecule is COc1nc(Nc2ccc(Cl)cc2)ccc1C(=O)N1CCCCCC1. The van der Waals surface area contributed by atoms with Crippen molar-refractivity contribution in [1.82, 2.24) is 9.88 Å². The van der Waals surface area contributed by atoms with Gasteiger partial charge in [-0.2, -0.15) is 4.98 Å². The van der Waals surface area contributed by atoms with Crippen LogP contribution >= 0.6 is 11.6 Å². The highest BCUT2D eigenvalue weighted by molar-refractivity contribution is 6.30. The lowest BCUT2D eigenvalue weighted by molar-refractivity contribution is 0.0757. The van der Waals surface area contributed by atoms with E-state index in [9.17, 15) is 4.79 Å². The minimum Gasteiger partial charge on any atom is -0.480 e. The normalized spacial score (nSPS) is 14.7. The third-order valence-corrected chi connectivity index (χ3v) is 4.55. The highest BCUT2D eigenvalue weighted by atomic mass is 35.5. The number of anilines is 2. The Hall–Kier alpha value is -2.27. The standard InChI is InChI=1S/C19H22ClN3O2/c1-25-18-16(19(24)23-12-4-2-3-5-13-23)10-11-17(22-18)21-15-8-6-14(20)7-9-15/h6-11H,2-5,12-13H2,1H3,(H,21,22). The molecule has 1 saturated heterocycles. The summed E-state index contributed by atoms with van der Waals surface area (Å²) in [6, 6.07) is 10.9. The first-order chi connectivity index (χ1) is 12.2. The van der Waals surface area contributed by atoms with Gasteiger partial charge < -0.3 is 15.0 Å². The van der Waals surface area contributed by atoms with E-state index in [1.54, 1.807) is 24.3 Å². The first-order valence-corrected chi connectivity index (χ1v) is 8.92. The molecule has 5 nitrogen and oxygen atoms in total. The third kappa shape index (κ3) is 4.42. The maximum Gasteiger partial charge on any atom is 0.259 e. The molecule has 1 aromatic heterocycles. The van der Waals surface area contributed by atoms with E-state index < -0.39 is 0 Å². The number of ether oxygens (including phenoxy) is 1. The number of carbonyl (C=O) groups excluding carboxylic acids is 1. The summed E-state index contributed by atoms with van der Waals surface area (Å²) in [6.07, 6.45) is 4.47. The van der Waals surface area contributed by atoms with Gasteiger partial charge in [-0.1, -0.05) is 24.4 Å². The van der Waals surface area contributed by atoms with Crippen molar-refractivity contribution in [2.75, 3.05) is 25.5 Å². The molecule has 0 saturated carbocycles. The van der Waals surface area contributed by atoms with Gasteiger partial charge >= 0.3 is 0 Å². The molecule has 0 unspecified atom stereocenters. The molecule has 1 aliphatic heterocycles. The molecule has 3 rings (SSSR count). The number of methoxy groups -OCH3 is 1. The van der Waals surface area contributed by atoms with Crippen molar-refractivity contribution in [2.45, 2.75) is 25.7 Å². The molecular weight excluding hydrogens is 338 g/mol. The van der Waals surface area contributed by atoms with E-state index in [4.69, 9.17) is 16.3 Å². The number of rotatable bonds is 4. The highest BCUT2D eigenvalue weighted by Crippen LogP contribution is 2.24. The smallest absolute Gasteiger partial charge is 0.259 e. The topological polar surface area (TPSA) is 54.5 Å². The number of benzene rings is 1. The fraction of sp³-hybridized carbons (Fsp3) is 0.368. The van der Waals surface area contributed by atoms with Gasteiger partial charge in [0.1, 0.15) is 11.4 Å². The monoisotopic (exact) mass is 359 g/mol. The van der Waals surface area contributed by atoms with Crippen LogP contribution in [0, 0.1) is 0 Å². The van der Waals surface area contributed by atoms with E-state index in [2.05, 4.69) is 10.3 Å². The van der Waals surface area contributed by atoms with E-state index in [0.29, 0.717) is 22.3 Å². The quantitative estimate of drug-likeness (QED) is 0.873. The Bertz CT molecular complexity index is 726. The number of likely N-dealkylation sites (tertiary alicyclic amines) is 1. The Morgan fingerprint density at radius 3 is 2.40 bits per heavy atom. The van der Waals surface area contributed by atoms with E-state index in [-0.39, 0.29) is 5.91 Å². The molecule has 6 heteroatoms. The lowest BCUT2D eigenvalue weighted by Crippen LogP contribution is -2.32. The molecule has 2 aromatic rings. The molecule has 1 aromatic carbocycles. The fourth-order valence-electron chi connectivity index (χ4n) is 2.95. The average molecular weight is 360 g/mol. The molecular formula is C19H22ClN3O2. The molecule has 0 bridgehead atoms. The van der Waals surface area contributed by atoms with Crippen molar-refractivity contribution in [3.05, 3.63) is 47.0 Å². The van der Waals surface area contributed by atoms with E-state index in [1.807, 2.05) is 17.0 Å². The highest BCUT2D eigenvalue weighted by Gasteiger charge is 2.21. The molecule has 1 amide bonds. The van der Waals surface area contributed by atoms with Gasteiger partial charge in [0.05, 0.1) is 7.11 Å². The van der Waals surface area contributed by atoms with Crippen molar-refractivity contribution in [3.8, 4) is 5.88 Å². The predicted octanol–water partition coefficient (Wildman–Crippen LogP) is 4.50. The number of nitrogens with zero attached hydrogens (tertiary/aromatic N) is 2. The summed E-state index contributed by atoms with van der Waals surface area (Å²) in [7, 11) is 1.54. The summed E-state index contributed by atoms with van der Waals surface area (Å²) in [6.45, 7) is 1.60. The van der Waals surface area contributed by atoms with Crippen LogP contribution in [0.5, 0.6) is 5.88 Å². The minimum atomic E-state index is -0.00991. The molecule has 1 N–H and O–H groups in total. The van der Waals surface area contributed by atoms with Crippen LogP contribution < -0.4 is 10.1 Å². The van der Waals surface area contributed by atoms with Gasteiger partial charge in [-0.15, -0.1) is 0 Å². The largest absolute Gasteiger partial charge is 0.480 e. The second-order valence-electron chi connectivity index (χ2n) is 6.09. The molecule has 0 spiro atoms. The Balaban J connectivity index is 1.78. The van der Waals surface area contributed by atoms with Crippen LogP contribution in [0.4, 0.5) is 11.5 Å². The Morgan fingerprint density at radius 1 is 1.08 bits per heavy atom. The lowest BCUT2D eigenvalue weighted by atomic mass is 10.2. The third-order valence-electron chi connectivity index (χ3n) is 4.29. The lowest BCUT2D eigenvalue weighted by Gasteiger charge is -2.21. The summed E-state index contributed by atoms with van der Waals surface area (Å²) in [4.78, 5) is 19.1. The zero-order valence-electron chi connectivity index (χ0n) is 14.3. The zero-order valence-corrected chi connectivity index (χ0v) is 15.1. The molecule has 2 heterocycles. The number of nitrogens with one attached hydrogen (secondary N) is 1. The van der Waals surface area contributed by atoms with E-state index in [0.717, 1.165) is 31.6 Å². The van der Waals surface area contributed by atoms with Gasteiger partial charge in [0.2, 0.25) is 5.88 Å². The Morgan fingerprint density at radius 2 is 1.76 bits per heavy atom. The van der Waals surface area contributed by atoms with Crippen LogP contribution in [-0.2, 0) is 0 Å². The van der Waals surface area contributed by atoms with Crippen molar-refractivity contribution in [3.63, 3.8) is 0 Å². The van der Waals surface area contributed by atoms with Gasteiger partial charge in [-0.05, 0) is 49.2 Å². The second-order valence-corrected chi connectivity index (χ2v) is 6.53. The number of halogens is 1. The summed E-state index contributed by atoms with van der Waals surface area (Å²) >= 11 is 5.90.